The molecule has 0 aliphatic rings. The third-order valence-electron chi connectivity index (χ3n) is 2.75. The number of benzene rings is 2. The summed E-state index contributed by atoms with van der Waals surface area (Å²) in [6, 6.07) is 17.5. The highest BCUT2D eigenvalue weighted by atomic mass is 16.1. The summed E-state index contributed by atoms with van der Waals surface area (Å²) in [5.74, 6) is 6.07. The fraction of sp³-hybridized carbons (Fsp3) is 0.118. The Hall–Kier alpha value is -2.53. The molecule has 0 aromatic heterocycles. The molecule has 94 valence electrons. The first-order valence-electron chi connectivity index (χ1n) is 6.12. The van der Waals surface area contributed by atoms with Crippen molar-refractivity contribution >= 4 is 12.1 Å². The lowest BCUT2D eigenvalue weighted by atomic mass is 10.1. The number of hydrogen-bond donors (Lipinski definition) is 0. The fourth-order valence-electron chi connectivity index (χ4n) is 1.67. The topological polar surface area (TPSA) is 20.3 Å². The van der Waals surface area contributed by atoms with Gasteiger partial charge < -0.3 is 4.90 Å². The number of hydrogen-bond acceptors (Lipinski definition) is 1. The minimum absolute atomic E-state index is 0.390. The van der Waals surface area contributed by atoms with Crippen molar-refractivity contribution in [1.29, 1.82) is 0 Å². The molecule has 0 aliphatic heterocycles. The summed E-state index contributed by atoms with van der Waals surface area (Å²) < 4.78 is 0. The van der Waals surface area contributed by atoms with Crippen molar-refractivity contribution in [2.45, 2.75) is 6.92 Å². The molecule has 0 aliphatic carbocycles. The van der Waals surface area contributed by atoms with Crippen LogP contribution in [0.4, 0.5) is 5.69 Å². The number of amides is 1. The predicted octanol–water partition coefficient (Wildman–Crippen LogP) is 3.01. The van der Waals surface area contributed by atoms with Crippen LogP contribution >= 0.6 is 0 Å². The van der Waals surface area contributed by atoms with E-state index < -0.39 is 0 Å². The molecule has 0 atom stereocenters. The molecule has 19 heavy (non-hydrogen) atoms. The van der Waals surface area contributed by atoms with Gasteiger partial charge >= 0.3 is 0 Å². The van der Waals surface area contributed by atoms with Gasteiger partial charge in [0, 0.05) is 11.3 Å². The van der Waals surface area contributed by atoms with Crippen molar-refractivity contribution < 1.29 is 4.79 Å². The molecule has 2 rings (SSSR count). The van der Waals surface area contributed by atoms with E-state index in [1.165, 1.54) is 5.56 Å². The Kier molecular flexibility index (Phi) is 4.36. The maximum absolute atomic E-state index is 11.1. The standard InChI is InChI=1S/C17H15NO/c1-15-9-11-16(12-10-15)6-5-13-18(14-19)17-7-3-2-4-8-17/h2-4,7-12,14H,13H2,1H3. The molecule has 0 saturated heterocycles. The summed E-state index contributed by atoms with van der Waals surface area (Å²) in [5.41, 5.74) is 3.03. The molecule has 2 nitrogen and oxygen atoms in total. The van der Waals surface area contributed by atoms with Crippen LogP contribution in [0.25, 0.3) is 0 Å². The van der Waals surface area contributed by atoms with Gasteiger partial charge in [0.05, 0.1) is 6.54 Å². The lowest BCUT2D eigenvalue weighted by Crippen LogP contribution is -2.20. The van der Waals surface area contributed by atoms with E-state index in [4.69, 9.17) is 0 Å². The number of carbonyl (C=O) groups excluding carboxylic acids is 1. The van der Waals surface area contributed by atoms with Crippen molar-refractivity contribution in [1.82, 2.24) is 0 Å². The van der Waals surface area contributed by atoms with Crippen LogP contribution in [-0.4, -0.2) is 13.0 Å². The van der Waals surface area contributed by atoms with Crippen LogP contribution < -0.4 is 4.90 Å². The SMILES string of the molecule is Cc1ccc(C#CCN(C=O)c2ccccc2)cc1. The number of nitrogens with zero attached hydrogens (tertiary/aromatic N) is 1. The maximum Gasteiger partial charge on any atom is 0.214 e. The first kappa shape index (κ1) is 12.9. The van der Waals surface area contributed by atoms with Gasteiger partial charge in [-0.15, -0.1) is 0 Å². The fourth-order valence-corrected chi connectivity index (χ4v) is 1.67. The minimum atomic E-state index is 0.390. The third-order valence-corrected chi connectivity index (χ3v) is 2.75. The summed E-state index contributed by atoms with van der Waals surface area (Å²) in [5, 5.41) is 0. The van der Waals surface area contributed by atoms with Crippen LogP contribution in [0.15, 0.2) is 54.6 Å². The molecule has 2 aromatic rings. The molecule has 0 N–H and O–H groups in total. The Balaban J connectivity index is 2.05. The van der Waals surface area contributed by atoms with Crippen molar-refractivity contribution in [3.63, 3.8) is 0 Å². The molecule has 0 bridgehead atoms. The lowest BCUT2D eigenvalue weighted by Gasteiger charge is -2.13. The van der Waals surface area contributed by atoms with Gasteiger partial charge in [-0.05, 0) is 31.2 Å². The maximum atomic E-state index is 11.1. The Bertz CT molecular complexity index is 591. The summed E-state index contributed by atoms with van der Waals surface area (Å²) in [6.45, 7) is 2.43. The second-order valence-corrected chi connectivity index (χ2v) is 4.24. The minimum Gasteiger partial charge on any atom is -0.303 e. The molecule has 0 fully saturated rings. The summed E-state index contributed by atoms with van der Waals surface area (Å²) in [4.78, 5) is 12.6. The Morgan fingerprint density at radius 1 is 1.05 bits per heavy atom. The normalized spacial score (nSPS) is 9.32. The second kappa shape index (κ2) is 6.42. The Morgan fingerprint density at radius 3 is 2.37 bits per heavy atom. The molecule has 2 aromatic carbocycles. The molecular formula is C17H15NO. The van der Waals surface area contributed by atoms with Crippen molar-refractivity contribution in [3.05, 3.63) is 65.7 Å². The third kappa shape index (κ3) is 3.72. The molecular weight excluding hydrogens is 234 g/mol. The highest BCUT2D eigenvalue weighted by molar-refractivity contribution is 5.75. The number of aryl methyl sites for hydroxylation is 1. The van der Waals surface area contributed by atoms with Gasteiger partial charge in [-0.2, -0.15) is 0 Å². The van der Waals surface area contributed by atoms with E-state index in [2.05, 4.69) is 11.8 Å². The zero-order chi connectivity index (χ0) is 13.5. The first-order valence-corrected chi connectivity index (χ1v) is 6.12. The second-order valence-electron chi connectivity index (χ2n) is 4.24. The van der Waals surface area contributed by atoms with Crippen LogP contribution in [0, 0.1) is 18.8 Å². The Morgan fingerprint density at radius 2 is 1.74 bits per heavy atom. The highest BCUT2D eigenvalue weighted by Gasteiger charge is 2.00. The summed E-state index contributed by atoms with van der Waals surface area (Å²) in [7, 11) is 0. The quantitative estimate of drug-likeness (QED) is 0.605. The van der Waals surface area contributed by atoms with Crippen LogP contribution in [0.5, 0.6) is 0 Å². The van der Waals surface area contributed by atoms with E-state index in [1.54, 1.807) is 4.90 Å². The summed E-state index contributed by atoms with van der Waals surface area (Å²) >= 11 is 0. The highest BCUT2D eigenvalue weighted by Crippen LogP contribution is 2.10. The smallest absolute Gasteiger partial charge is 0.214 e. The molecule has 1 amide bonds. The zero-order valence-corrected chi connectivity index (χ0v) is 10.8. The van der Waals surface area contributed by atoms with E-state index in [1.807, 2.05) is 61.5 Å². The average molecular weight is 249 g/mol. The molecule has 0 heterocycles. The first-order chi connectivity index (χ1) is 9.29. The van der Waals surface area contributed by atoms with E-state index in [0.717, 1.165) is 17.7 Å². The number of rotatable bonds is 3. The molecule has 0 spiro atoms. The number of anilines is 1. The molecule has 2 heteroatoms. The largest absolute Gasteiger partial charge is 0.303 e. The predicted molar refractivity (Wildman–Crippen MR) is 77.9 cm³/mol. The van der Waals surface area contributed by atoms with Crippen LogP contribution in [0.1, 0.15) is 11.1 Å². The van der Waals surface area contributed by atoms with Gasteiger partial charge in [0.25, 0.3) is 0 Å². The molecule has 0 unspecified atom stereocenters. The van der Waals surface area contributed by atoms with Gasteiger partial charge in [0.15, 0.2) is 0 Å². The van der Waals surface area contributed by atoms with E-state index in [-0.39, 0.29) is 0 Å². The van der Waals surface area contributed by atoms with Gasteiger partial charge in [0.1, 0.15) is 0 Å². The van der Waals surface area contributed by atoms with Crippen LogP contribution in [0.3, 0.4) is 0 Å². The Labute approximate surface area is 113 Å². The number of carbonyl (C=O) groups is 1. The lowest BCUT2D eigenvalue weighted by molar-refractivity contribution is -0.107. The van der Waals surface area contributed by atoms with Gasteiger partial charge in [-0.3, -0.25) is 4.79 Å². The van der Waals surface area contributed by atoms with Crippen molar-refractivity contribution in [2.75, 3.05) is 11.4 Å². The van der Waals surface area contributed by atoms with Crippen molar-refractivity contribution in [2.24, 2.45) is 0 Å². The van der Waals surface area contributed by atoms with E-state index >= 15 is 0 Å². The van der Waals surface area contributed by atoms with Crippen molar-refractivity contribution in [3.8, 4) is 11.8 Å². The monoisotopic (exact) mass is 249 g/mol. The van der Waals surface area contributed by atoms with Gasteiger partial charge in [0.2, 0.25) is 6.41 Å². The summed E-state index contributed by atoms with van der Waals surface area (Å²) in [6.07, 6.45) is 0.805. The van der Waals surface area contributed by atoms with Crippen LogP contribution in [-0.2, 0) is 4.79 Å². The molecule has 0 saturated carbocycles. The van der Waals surface area contributed by atoms with E-state index in [9.17, 15) is 4.79 Å². The molecule has 0 radical (unpaired) electrons. The zero-order valence-electron chi connectivity index (χ0n) is 10.8. The van der Waals surface area contributed by atoms with Gasteiger partial charge in [-0.25, -0.2) is 0 Å². The number of para-hydroxylation sites is 1. The van der Waals surface area contributed by atoms with E-state index in [0.29, 0.717) is 6.54 Å². The van der Waals surface area contributed by atoms with Gasteiger partial charge in [-0.1, -0.05) is 47.7 Å². The average Bonchev–Trinajstić information content (AvgIpc) is 2.46. The van der Waals surface area contributed by atoms with Crippen LogP contribution in [0.2, 0.25) is 0 Å².